The molecule has 0 radical (unpaired) electrons. The summed E-state index contributed by atoms with van der Waals surface area (Å²) >= 11 is 0. The van der Waals surface area contributed by atoms with Gasteiger partial charge in [-0.3, -0.25) is 9.69 Å². The van der Waals surface area contributed by atoms with E-state index in [9.17, 15) is 9.59 Å². The molecule has 1 N–H and O–H groups in total. The van der Waals surface area contributed by atoms with Gasteiger partial charge in [0.15, 0.2) is 5.78 Å². The number of likely N-dealkylation sites (tertiary alicyclic amines) is 1. The van der Waals surface area contributed by atoms with E-state index in [1.807, 2.05) is 13.8 Å². The molecule has 1 saturated heterocycles. The zero-order valence-electron chi connectivity index (χ0n) is 13.8. The molecule has 0 saturated carbocycles. The lowest BCUT2D eigenvalue weighted by Gasteiger charge is -2.18. The lowest BCUT2D eigenvalue weighted by molar-refractivity contribution is 0.0525. The average molecular weight is 306 g/mol. The van der Waals surface area contributed by atoms with Crippen LogP contribution in [0.4, 0.5) is 0 Å². The minimum atomic E-state index is -0.359. The number of nitrogens with one attached hydrogen (secondary N) is 1. The van der Waals surface area contributed by atoms with Gasteiger partial charge in [-0.2, -0.15) is 0 Å². The van der Waals surface area contributed by atoms with Crippen molar-refractivity contribution in [2.24, 2.45) is 0 Å². The molecule has 0 amide bonds. The number of ether oxygens (including phenoxy) is 1. The summed E-state index contributed by atoms with van der Waals surface area (Å²) in [5, 5.41) is 0. The Bertz CT molecular complexity index is 540. The molecule has 5 heteroatoms. The number of H-pyrrole nitrogens is 1. The topological polar surface area (TPSA) is 62.4 Å². The summed E-state index contributed by atoms with van der Waals surface area (Å²) in [4.78, 5) is 29.9. The summed E-state index contributed by atoms with van der Waals surface area (Å²) in [6, 6.07) is 0. The van der Waals surface area contributed by atoms with Crippen LogP contribution in [0.5, 0.6) is 0 Å². The molecule has 0 atom stereocenters. The van der Waals surface area contributed by atoms with Crippen molar-refractivity contribution in [1.82, 2.24) is 9.88 Å². The van der Waals surface area contributed by atoms with Crippen LogP contribution in [0.1, 0.15) is 64.7 Å². The van der Waals surface area contributed by atoms with E-state index in [1.54, 1.807) is 6.92 Å². The van der Waals surface area contributed by atoms with Gasteiger partial charge in [0.1, 0.15) is 0 Å². The summed E-state index contributed by atoms with van der Waals surface area (Å²) < 4.78 is 5.07. The van der Waals surface area contributed by atoms with E-state index >= 15 is 0 Å². The maximum atomic E-state index is 12.6. The third-order valence-electron chi connectivity index (χ3n) is 4.26. The van der Waals surface area contributed by atoms with Crippen LogP contribution in [-0.4, -0.2) is 47.9 Å². The molecule has 1 fully saturated rings. The Morgan fingerprint density at radius 1 is 1.14 bits per heavy atom. The lowest BCUT2D eigenvalue weighted by atomic mass is 10.1. The Morgan fingerprint density at radius 2 is 1.77 bits per heavy atom. The molecule has 0 aliphatic carbocycles. The third-order valence-corrected chi connectivity index (χ3v) is 4.26. The van der Waals surface area contributed by atoms with E-state index in [0.717, 1.165) is 25.9 Å². The van der Waals surface area contributed by atoms with Crippen molar-refractivity contribution in [3.05, 3.63) is 22.5 Å². The zero-order chi connectivity index (χ0) is 16.1. The van der Waals surface area contributed by atoms with Crippen molar-refractivity contribution in [2.75, 3.05) is 26.2 Å². The van der Waals surface area contributed by atoms with Crippen LogP contribution in [0.2, 0.25) is 0 Å². The number of aryl methyl sites for hydroxylation is 1. The number of hydrogen-bond acceptors (Lipinski definition) is 4. The molecule has 0 unspecified atom stereocenters. The molecule has 1 aliphatic rings. The number of nitrogens with zero attached hydrogens (tertiary/aromatic N) is 1. The molecule has 22 heavy (non-hydrogen) atoms. The number of Topliss-reactive ketones (excluding diaryl/α,β-unsaturated/α-hetero) is 1. The standard InChI is InChI=1S/C17H26N2O3/c1-4-22-17(21)15-12(2)16(18-13(15)3)14(20)11-19-9-7-5-6-8-10-19/h18H,4-11H2,1-3H3. The second-order valence-electron chi connectivity index (χ2n) is 5.96. The number of carbonyl (C=O) groups is 2. The van der Waals surface area contributed by atoms with Gasteiger partial charge in [0.05, 0.1) is 24.4 Å². The molecule has 0 spiro atoms. The highest BCUT2D eigenvalue weighted by atomic mass is 16.5. The summed E-state index contributed by atoms with van der Waals surface area (Å²) in [5.74, 6) is -0.305. The fraction of sp³-hybridized carbons (Fsp3) is 0.647. The maximum Gasteiger partial charge on any atom is 0.340 e. The van der Waals surface area contributed by atoms with Crippen LogP contribution in [0, 0.1) is 13.8 Å². The number of carbonyl (C=O) groups excluding carboxylic acids is 2. The second-order valence-corrected chi connectivity index (χ2v) is 5.96. The molecule has 2 heterocycles. The highest BCUT2D eigenvalue weighted by molar-refractivity contribution is 6.02. The molecule has 2 rings (SSSR count). The van der Waals surface area contributed by atoms with Crippen molar-refractivity contribution in [3.63, 3.8) is 0 Å². The van der Waals surface area contributed by atoms with Crippen LogP contribution in [0.25, 0.3) is 0 Å². The third kappa shape index (κ3) is 3.77. The number of hydrogen-bond donors (Lipinski definition) is 1. The Morgan fingerprint density at radius 3 is 2.36 bits per heavy atom. The predicted octanol–water partition coefficient (Wildman–Crippen LogP) is 2.87. The van der Waals surface area contributed by atoms with Crippen molar-refractivity contribution in [2.45, 2.75) is 46.5 Å². The highest BCUT2D eigenvalue weighted by Crippen LogP contribution is 2.20. The smallest absolute Gasteiger partial charge is 0.340 e. The van der Waals surface area contributed by atoms with Crippen LogP contribution in [0.15, 0.2) is 0 Å². The molecule has 5 nitrogen and oxygen atoms in total. The average Bonchev–Trinajstić information content (AvgIpc) is 2.65. The van der Waals surface area contributed by atoms with E-state index < -0.39 is 0 Å². The van der Waals surface area contributed by atoms with Gasteiger partial charge in [0.2, 0.25) is 0 Å². The zero-order valence-corrected chi connectivity index (χ0v) is 13.8. The molecular formula is C17H26N2O3. The van der Waals surface area contributed by atoms with E-state index in [-0.39, 0.29) is 11.8 Å². The van der Waals surface area contributed by atoms with Gasteiger partial charge in [-0.05, 0) is 52.3 Å². The Kier molecular flexibility index (Phi) is 5.77. The molecule has 0 aromatic carbocycles. The number of rotatable bonds is 5. The molecule has 1 aromatic rings. The Labute approximate surface area is 132 Å². The first kappa shape index (κ1) is 16.7. The van der Waals surface area contributed by atoms with Crippen LogP contribution in [0.3, 0.4) is 0 Å². The van der Waals surface area contributed by atoms with E-state index in [0.29, 0.717) is 35.7 Å². The Balaban J connectivity index is 2.12. The van der Waals surface area contributed by atoms with Crippen molar-refractivity contribution in [3.8, 4) is 0 Å². The fourth-order valence-electron chi connectivity index (χ4n) is 3.11. The first-order chi connectivity index (χ1) is 10.5. The van der Waals surface area contributed by atoms with Crippen molar-refractivity contribution < 1.29 is 14.3 Å². The number of ketones is 1. The summed E-state index contributed by atoms with van der Waals surface area (Å²) in [5.41, 5.74) is 2.46. The van der Waals surface area contributed by atoms with Gasteiger partial charge < -0.3 is 9.72 Å². The second kappa shape index (κ2) is 7.58. The lowest BCUT2D eigenvalue weighted by Crippen LogP contribution is -2.31. The number of aromatic amines is 1. The van der Waals surface area contributed by atoms with Gasteiger partial charge in [-0.25, -0.2) is 4.79 Å². The quantitative estimate of drug-likeness (QED) is 0.671. The first-order valence-corrected chi connectivity index (χ1v) is 8.16. The van der Waals surface area contributed by atoms with Crippen LogP contribution >= 0.6 is 0 Å². The van der Waals surface area contributed by atoms with E-state index in [1.165, 1.54) is 12.8 Å². The Hall–Kier alpha value is -1.62. The normalized spacial score (nSPS) is 16.3. The van der Waals surface area contributed by atoms with Gasteiger partial charge in [-0.15, -0.1) is 0 Å². The van der Waals surface area contributed by atoms with Gasteiger partial charge >= 0.3 is 5.97 Å². The minimum absolute atomic E-state index is 0.0537. The van der Waals surface area contributed by atoms with Crippen molar-refractivity contribution in [1.29, 1.82) is 0 Å². The van der Waals surface area contributed by atoms with Crippen LogP contribution in [-0.2, 0) is 4.74 Å². The minimum Gasteiger partial charge on any atom is -0.462 e. The van der Waals surface area contributed by atoms with Gasteiger partial charge in [0.25, 0.3) is 0 Å². The molecule has 1 aromatic heterocycles. The van der Waals surface area contributed by atoms with E-state index in [2.05, 4.69) is 9.88 Å². The number of aromatic nitrogens is 1. The monoisotopic (exact) mass is 306 g/mol. The SMILES string of the molecule is CCOC(=O)c1c(C)[nH]c(C(=O)CN2CCCCCC2)c1C. The van der Waals surface area contributed by atoms with Crippen LogP contribution < -0.4 is 0 Å². The molecule has 0 bridgehead atoms. The molecule has 1 aliphatic heterocycles. The predicted molar refractivity (Wildman–Crippen MR) is 85.5 cm³/mol. The number of esters is 1. The molecule has 122 valence electrons. The summed E-state index contributed by atoms with van der Waals surface area (Å²) in [6.07, 6.45) is 4.81. The molecular weight excluding hydrogens is 280 g/mol. The maximum absolute atomic E-state index is 12.6. The highest BCUT2D eigenvalue weighted by Gasteiger charge is 2.24. The van der Waals surface area contributed by atoms with Gasteiger partial charge in [0, 0.05) is 5.69 Å². The van der Waals surface area contributed by atoms with E-state index in [4.69, 9.17) is 4.74 Å². The largest absolute Gasteiger partial charge is 0.462 e. The fourth-order valence-corrected chi connectivity index (χ4v) is 3.11. The summed E-state index contributed by atoms with van der Waals surface area (Å²) in [6.45, 7) is 8.11. The summed E-state index contributed by atoms with van der Waals surface area (Å²) in [7, 11) is 0. The van der Waals surface area contributed by atoms with Gasteiger partial charge in [-0.1, -0.05) is 12.8 Å². The van der Waals surface area contributed by atoms with Crippen molar-refractivity contribution >= 4 is 11.8 Å². The first-order valence-electron chi connectivity index (χ1n) is 8.16.